The summed E-state index contributed by atoms with van der Waals surface area (Å²) < 4.78 is 18.8. The van der Waals surface area contributed by atoms with Crippen molar-refractivity contribution >= 4 is 11.7 Å². The van der Waals surface area contributed by atoms with E-state index in [4.69, 9.17) is 4.74 Å². The number of hydrogen-bond donors (Lipinski definition) is 3. The lowest BCUT2D eigenvalue weighted by atomic mass is 9.83. The summed E-state index contributed by atoms with van der Waals surface area (Å²) in [6.07, 6.45) is 6.15. The summed E-state index contributed by atoms with van der Waals surface area (Å²) in [5, 5.41) is 14.6. The van der Waals surface area contributed by atoms with E-state index in [1.54, 1.807) is 0 Å². The molecule has 1 saturated carbocycles. The van der Waals surface area contributed by atoms with Crippen molar-refractivity contribution in [3.63, 3.8) is 0 Å². The van der Waals surface area contributed by atoms with Gasteiger partial charge in [-0.25, -0.2) is 9.18 Å². The molecule has 0 aliphatic heterocycles. The molecule has 1 aliphatic carbocycles. The van der Waals surface area contributed by atoms with Gasteiger partial charge in [0.2, 0.25) is 0 Å². The lowest BCUT2D eigenvalue weighted by Gasteiger charge is -2.30. The molecule has 1 unspecified atom stereocenters. The lowest BCUT2D eigenvalue weighted by molar-refractivity contribution is 0.202. The first-order valence-corrected chi connectivity index (χ1v) is 8.16. The smallest absolute Gasteiger partial charge is 0.319 e. The maximum Gasteiger partial charge on any atom is 0.319 e. The van der Waals surface area contributed by atoms with Gasteiger partial charge in [-0.3, -0.25) is 0 Å². The van der Waals surface area contributed by atoms with Crippen LogP contribution in [0.4, 0.5) is 14.9 Å². The van der Waals surface area contributed by atoms with Gasteiger partial charge in [0, 0.05) is 18.7 Å². The highest BCUT2D eigenvalue weighted by atomic mass is 19.1. The van der Waals surface area contributed by atoms with E-state index in [9.17, 15) is 14.3 Å². The van der Waals surface area contributed by atoms with Gasteiger partial charge >= 0.3 is 6.03 Å². The Morgan fingerprint density at radius 3 is 2.78 bits per heavy atom. The molecular formula is C17H25FN2O3. The Morgan fingerprint density at radius 1 is 1.39 bits per heavy atom. The Labute approximate surface area is 136 Å². The first-order valence-electron chi connectivity index (χ1n) is 8.16. The predicted molar refractivity (Wildman–Crippen MR) is 87.2 cm³/mol. The average molecular weight is 324 g/mol. The van der Waals surface area contributed by atoms with E-state index in [0.717, 1.165) is 25.7 Å². The summed E-state index contributed by atoms with van der Waals surface area (Å²) >= 11 is 0. The SMILES string of the molecule is COc1ccc(F)c(NC(=O)NC(CCO)C2CCCCC2)c1. The van der Waals surface area contributed by atoms with Crippen molar-refractivity contribution in [3.8, 4) is 5.75 Å². The number of hydrogen-bond acceptors (Lipinski definition) is 3. The monoisotopic (exact) mass is 324 g/mol. The van der Waals surface area contributed by atoms with Gasteiger partial charge in [-0.1, -0.05) is 19.3 Å². The highest BCUT2D eigenvalue weighted by Gasteiger charge is 2.25. The second kappa shape index (κ2) is 8.72. The fraction of sp³-hybridized carbons (Fsp3) is 0.588. The highest BCUT2D eigenvalue weighted by Crippen LogP contribution is 2.28. The molecule has 6 heteroatoms. The zero-order chi connectivity index (χ0) is 16.7. The van der Waals surface area contributed by atoms with Crippen LogP contribution in [-0.2, 0) is 0 Å². The molecule has 5 nitrogen and oxygen atoms in total. The maximum absolute atomic E-state index is 13.8. The van der Waals surface area contributed by atoms with Crippen LogP contribution in [0.2, 0.25) is 0 Å². The van der Waals surface area contributed by atoms with Crippen LogP contribution in [-0.4, -0.2) is 30.9 Å². The number of urea groups is 1. The number of aliphatic hydroxyl groups is 1. The third-order valence-electron chi connectivity index (χ3n) is 4.40. The van der Waals surface area contributed by atoms with Crippen molar-refractivity contribution in [2.24, 2.45) is 5.92 Å². The molecule has 0 bridgehead atoms. The van der Waals surface area contributed by atoms with Crippen LogP contribution in [0.15, 0.2) is 18.2 Å². The number of carbonyl (C=O) groups is 1. The Hall–Kier alpha value is -1.82. The van der Waals surface area contributed by atoms with Gasteiger partial charge in [0.25, 0.3) is 0 Å². The Bertz CT molecular complexity index is 519. The maximum atomic E-state index is 13.8. The van der Waals surface area contributed by atoms with E-state index in [1.807, 2.05) is 0 Å². The van der Waals surface area contributed by atoms with Crippen LogP contribution in [0.1, 0.15) is 38.5 Å². The summed E-state index contributed by atoms with van der Waals surface area (Å²) in [5.74, 6) is 0.329. The molecule has 1 aromatic carbocycles. The first-order chi connectivity index (χ1) is 11.1. The molecule has 1 fully saturated rings. The van der Waals surface area contributed by atoms with Gasteiger partial charge in [0.05, 0.1) is 12.8 Å². The number of carbonyl (C=O) groups excluding carboxylic acids is 1. The summed E-state index contributed by atoms with van der Waals surface area (Å²) in [4.78, 5) is 12.2. The molecule has 23 heavy (non-hydrogen) atoms. The van der Waals surface area contributed by atoms with Gasteiger partial charge in [-0.05, 0) is 37.3 Å². The lowest BCUT2D eigenvalue weighted by Crippen LogP contribution is -2.43. The molecule has 0 saturated heterocycles. The molecule has 3 N–H and O–H groups in total. The first kappa shape index (κ1) is 17.5. The van der Waals surface area contributed by atoms with Crippen LogP contribution >= 0.6 is 0 Å². The molecule has 0 radical (unpaired) electrons. The number of rotatable bonds is 6. The Morgan fingerprint density at radius 2 is 2.13 bits per heavy atom. The molecule has 128 valence electrons. The van der Waals surface area contributed by atoms with Crippen LogP contribution in [0, 0.1) is 11.7 Å². The normalized spacial score (nSPS) is 16.7. The number of amides is 2. The number of aliphatic hydroxyl groups excluding tert-OH is 1. The summed E-state index contributed by atoms with van der Waals surface area (Å²) in [6, 6.07) is 3.64. The molecule has 2 amide bonds. The van der Waals surface area contributed by atoms with Gasteiger partial charge in [-0.2, -0.15) is 0 Å². The van der Waals surface area contributed by atoms with Crippen molar-refractivity contribution in [2.45, 2.75) is 44.6 Å². The van der Waals surface area contributed by atoms with E-state index in [0.29, 0.717) is 18.1 Å². The molecule has 1 aliphatic rings. The average Bonchev–Trinajstić information content (AvgIpc) is 2.57. The second-order valence-corrected chi connectivity index (χ2v) is 5.96. The van der Waals surface area contributed by atoms with E-state index in [1.165, 1.54) is 31.7 Å². The number of ether oxygens (including phenoxy) is 1. The molecule has 0 spiro atoms. The quantitative estimate of drug-likeness (QED) is 0.752. The van der Waals surface area contributed by atoms with Crippen LogP contribution in [0.3, 0.4) is 0 Å². The Kier molecular flexibility index (Phi) is 6.65. The summed E-state index contributed by atoms with van der Waals surface area (Å²) in [6.45, 7) is 0.0228. The van der Waals surface area contributed by atoms with E-state index in [2.05, 4.69) is 10.6 Å². The molecule has 0 aromatic heterocycles. The number of anilines is 1. The standard InChI is InChI=1S/C17H25FN2O3/c1-23-13-7-8-14(18)16(11-13)20-17(22)19-15(9-10-21)12-5-3-2-4-6-12/h7-8,11-12,15,21H,2-6,9-10H2,1H3,(H2,19,20,22). The zero-order valence-electron chi connectivity index (χ0n) is 13.5. The van der Waals surface area contributed by atoms with Crippen LogP contribution in [0.25, 0.3) is 0 Å². The number of halogens is 1. The van der Waals surface area contributed by atoms with E-state index in [-0.39, 0.29) is 18.3 Å². The van der Waals surface area contributed by atoms with Crippen molar-refractivity contribution in [2.75, 3.05) is 19.0 Å². The highest BCUT2D eigenvalue weighted by molar-refractivity contribution is 5.89. The topological polar surface area (TPSA) is 70.6 Å². The fourth-order valence-corrected chi connectivity index (χ4v) is 3.16. The molecule has 1 atom stereocenters. The molecular weight excluding hydrogens is 299 g/mol. The summed E-state index contributed by atoms with van der Waals surface area (Å²) in [5.41, 5.74) is 0.0771. The largest absolute Gasteiger partial charge is 0.497 e. The van der Waals surface area contributed by atoms with Gasteiger partial charge in [0.1, 0.15) is 11.6 Å². The minimum Gasteiger partial charge on any atom is -0.497 e. The Balaban J connectivity index is 1.98. The van der Waals surface area contributed by atoms with Crippen molar-refractivity contribution < 1.29 is 19.0 Å². The predicted octanol–water partition coefficient (Wildman–Crippen LogP) is 3.29. The number of nitrogens with one attached hydrogen (secondary N) is 2. The number of benzene rings is 1. The third kappa shape index (κ3) is 5.10. The van der Waals surface area contributed by atoms with E-state index >= 15 is 0 Å². The zero-order valence-corrected chi connectivity index (χ0v) is 13.5. The van der Waals surface area contributed by atoms with Crippen molar-refractivity contribution in [1.82, 2.24) is 5.32 Å². The van der Waals surface area contributed by atoms with E-state index < -0.39 is 11.8 Å². The van der Waals surface area contributed by atoms with Crippen LogP contribution in [0.5, 0.6) is 5.75 Å². The van der Waals surface area contributed by atoms with Gasteiger partial charge < -0.3 is 20.5 Å². The van der Waals surface area contributed by atoms with Gasteiger partial charge in [-0.15, -0.1) is 0 Å². The van der Waals surface area contributed by atoms with Crippen molar-refractivity contribution in [1.29, 1.82) is 0 Å². The second-order valence-electron chi connectivity index (χ2n) is 5.96. The minimum atomic E-state index is -0.516. The number of methoxy groups -OCH3 is 1. The van der Waals surface area contributed by atoms with Crippen molar-refractivity contribution in [3.05, 3.63) is 24.0 Å². The minimum absolute atomic E-state index is 0.0228. The molecule has 1 aromatic rings. The van der Waals surface area contributed by atoms with Crippen LogP contribution < -0.4 is 15.4 Å². The van der Waals surface area contributed by atoms with Gasteiger partial charge in [0.15, 0.2) is 0 Å². The third-order valence-corrected chi connectivity index (χ3v) is 4.40. The summed E-state index contributed by atoms with van der Waals surface area (Å²) in [7, 11) is 1.48. The fourth-order valence-electron chi connectivity index (χ4n) is 3.16. The molecule has 0 heterocycles. The molecule has 2 rings (SSSR count).